The van der Waals surface area contributed by atoms with Crippen molar-refractivity contribution in [2.45, 2.75) is 40.8 Å². The van der Waals surface area contributed by atoms with Gasteiger partial charge in [0.25, 0.3) is 0 Å². The van der Waals surface area contributed by atoms with E-state index in [1.54, 1.807) is 18.9 Å². The number of rotatable bonds is 3. The van der Waals surface area contributed by atoms with E-state index < -0.39 is 0 Å². The van der Waals surface area contributed by atoms with E-state index in [2.05, 4.69) is 17.0 Å². The molecule has 3 aliphatic rings. The van der Waals surface area contributed by atoms with Gasteiger partial charge in [-0.25, -0.2) is 0 Å². The van der Waals surface area contributed by atoms with Crippen LogP contribution in [0, 0.1) is 0 Å². The van der Waals surface area contributed by atoms with Gasteiger partial charge in [-0.15, -0.1) is 0 Å². The Morgan fingerprint density at radius 2 is 1.83 bits per heavy atom. The minimum atomic E-state index is -0.157. The van der Waals surface area contributed by atoms with Crippen molar-refractivity contribution >= 4 is 29.0 Å². The third kappa shape index (κ3) is 3.38. The number of fused-ring (bicyclic) bond motifs is 2. The Morgan fingerprint density at radius 3 is 2.45 bits per heavy atom. The molecule has 2 aromatic rings. The van der Waals surface area contributed by atoms with Crippen LogP contribution in [-0.4, -0.2) is 55.9 Å². The Hall–Kier alpha value is -1.86. The normalized spacial score (nSPS) is 26.4. The summed E-state index contributed by atoms with van der Waals surface area (Å²) in [6.45, 7) is 2.78. The number of para-hydroxylation sites is 2. The van der Waals surface area contributed by atoms with Gasteiger partial charge >= 0.3 is 0 Å². The summed E-state index contributed by atoms with van der Waals surface area (Å²) in [7, 11) is 1.76. The van der Waals surface area contributed by atoms with E-state index in [1.807, 2.05) is 41.3 Å². The summed E-state index contributed by atoms with van der Waals surface area (Å²) in [5.41, 5.74) is 1.78. The highest BCUT2D eigenvalue weighted by atomic mass is 32.2. The fourth-order valence-electron chi connectivity index (χ4n) is 4.84. The molecule has 0 radical (unpaired) electrons. The SMILES string of the molecule is CO[C@H]1CN(CC(=O)N2c3ccccc3Sc3ccccc32)CC[C@]12CCCO2. The van der Waals surface area contributed by atoms with E-state index in [9.17, 15) is 4.79 Å². The molecule has 0 unspecified atom stereocenters. The maximum atomic E-state index is 13.5. The molecule has 0 saturated carbocycles. The van der Waals surface area contributed by atoms with Crippen LogP contribution in [-0.2, 0) is 14.3 Å². The molecule has 2 aromatic carbocycles. The van der Waals surface area contributed by atoms with Crippen molar-refractivity contribution in [1.29, 1.82) is 0 Å². The second-order valence-electron chi connectivity index (χ2n) is 7.99. The van der Waals surface area contributed by atoms with E-state index in [0.29, 0.717) is 6.54 Å². The van der Waals surface area contributed by atoms with Crippen LogP contribution in [0.2, 0.25) is 0 Å². The van der Waals surface area contributed by atoms with Gasteiger partial charge in [-0.05, 0) is 43.5 Å². The molecule has 0 bridgehead atoms. The summed E-state index contributed by atoms with van der Waals surface area (Å²) in [6.07, 6.45) is 3.08. The number of carbonyl (C=O) groups excluding carboxylic acids is 1. The number of hydrogen-bond donors (Lipinski definition) is 0. The van der Waals surface area contributed by atoms with Crippen molar-refractivity contribution < 1.29 is 14.3 Å². The number of methoxy groups -OCH3 is 1. The van der Waals surface area contributed by atoms with E-state index in [0.717, 1.165) is 60.1 Å². The molecule has 5 nitrogen and oxygen atoms in total. The van der Waals surface area contributed by atoms with Crippen molar-refractivity contribution in [3.05, 3.63) is 48.5 Å². The van der Waals surface area contributed by atoms with Crippen LogP contribution in [0.3, 0.4) is 0 Å². The van der Waals surface area contributed by atoms with E-state index in [4.69, 9.17) is 9.47 Å². The smallest absolute Gasteiger partial charge is 0.245 e. The quantitative estimate of drug-likeness (QED) is 0.763. The lowest BCUT2D eigenvalue weighted by atomic mass is 9.86. The zero-order chi connectivity index (χ0) is 19.8. The zero-order valence-electron chi connectivity index (χ0n) is 16.7. The summed E-state index contributed by atoms with van der Waals surface area (Å²) in [4.78, 5) is 19.8. The predicted octanol–water partition coefficient (Wildman–Crippen LogP) is 4.09. The maximum Gasteiger partial charge on any atom is 0.245 e. The minimum Gasteiger partial charge on any atom is -0.377 e. The van der Waals surface area contributed by atoms with Crippen LogP contribution in [0.4, 0.5) is 11.4 Å². The van der Waals surface area contributed by atoms with Gasteiger partial charge in [0.2, 0.25) is 5.91 Å². The number of ether oxygens (including phenoxy) is 2. The minimum absolute atomic E-state index is 0.0167. The largest absolute Gasteiger partial charge is 0.377 e. The maximum absolute atomic E-state index is 13.5. The van der Waals surface area contributed by atoms with Gasteiger partial charge in [-0.3, -0.25) is 14.6 Å². The number of likely N-dealkylation sites (tertiary alicyclic amines) is 1. The van der Waals surface area contributed by atoms with Gasteiger partial charge in [-0.1, -0.05) is 36.0 Å². The van der Waals surface area contributed by atoms with Gasteiger partial charge in [-0.2, -0.15) is 0 Å². The lowest BCUT2D eigenvalue weighted by molar-refractivity contribution is -0.145. The summed E-state index contributed by atoms with van der Waals surface area (Å²) in [5, 5.41) is 0. The number of amides is 1. The van der Waals surface area contributed by atoms with Crippen molar-refractivity contribution in [1.82, 2.24) is 4.90 Å². The molecule has 29 heavy (non-hydrogen) atoms. The van der Waals surface area contributed by atoms with Gasteiger partial charge < -0.3 is 9.47 Å². The molecule has 3 heterocycles. The second kappa shape index (κ2) is 7.76. The van der Waals surface area contributed by atoms with Gasteiger partial charge in [0.15, 0.2) is 0 Å². The van der Waals surface area contributed by atoms with Gasteiger partial charge in [0.1, 0.15) is 0 Å². The van der Waals surface area contributed by atoms with Crippen LogP contribution in [0.5, 0.6) is 0 Å². The molecule has 2 fully saturated rings. The summed E-state index contributed by atoms with van der Waals surface area (Å²) < 4.78 is 11.9. The molecule has 0 aromatic heterocycles. The Kier molecular flexibility index (Phi) is 5.12. The standard InChI is InChI=1S/C23H26N2O3S/c1-27-21-15-24(13-12-23(21)11-6-14-28-23)16-22(26)25-17-7-2-4-9-19(17)29-20-10-5-3-8-18(20)25/h2-5,7-10,21H,6,11-16H2,1H3/t21-,23+/m0/s1. The molecule has 1 amide bonds. The molecule has 152 valence electrons. The first-order chi connectivity index (χ1) is 14.2. The molecule has 6 heteroatoms. The number of piperidine rings is 1. The topological polar surface area (TPSA) is 42.0 Å². The molecule has 2 atom stereocenters. The molecule has 3 aliphatic heterocycles. The zero-order valence-corrected chi connectivity index (χ0v) is 17.5. The van der Waals surface area contributed by atoms with Crippen LogP contribution >= 0.6 is 11.8 Å². The average molecular weight is 411 g/mol. The molecule has 5 rings (SSSR count). The number of carbonyl (C=O) groups is 1. The fraction of sp³-hybridized carbons (Fsp3) is 0.435. The number of benzene rings is 2. The fourth-order valence-corrected chi connectivity index (χ4v) is 5.90. The predicted molar refractivity (Wildman–Crippen MR) is 114 cm³/mol. The van der Waals surface area contributed by atoms with Gasteiger partial charge in [0, 0.05) is 36.6 Å². The van der Waals surface area contributed by atoms with E-state index in [-0.39, 0.29) is 17.6 Å². The molecule has 0 N–H and O–H groups in total. The average Bonchev–Trinajstić information content (AvgIpc) is 3.22. The van der Waals surface area contributed by atoms with Crippen molar-refractivity contribution in [3.8, 4) is 0 Å². The first kappa shape index (κ1) is 19.1. The number of anilines is 2. The Labute approximate surface area is 176 Å². The Bertz CT molecular complexity index is 867. The summed E-state index contributed by atoms with van der Waals surface area (Å²) >= 11 is 1.72. The molecule has 1 spiro atoms. The lowest BCUT2D eigenvalue weighted by Gasteiger charge is -2.44. The molecular formula is C23H26N2O3S. The highest BCUT2D eigenvalue weighted by Gasteiger charge is 2.47. The number of hydrogen-bond acceptors (Lipinski definition) is 5. The highest BCUT2D eigenvalue weighted by molar-refractivity contribution is 7.99. The third-order valence-electron chi connectivity index (χ3n) is 6.32. The summed E-state index contributed by atoms with van der Waals surface area (Å²) in [5.74, 6) is 0.100. The third-order valence-corrected chi connectivity index (χ3v) is 7.45. The summed E-state index contributed by atoms with van der Waals surface area (Å²) in [6, 6.07) is 16.3. The van der Waals surface area contributed by atoms with Crippen molar-refractivity contribution in [3.63, 3.8) is 0 Å². The Balaban J connectivity index is 1.38. The highest BCUT2D eigenvalue weighted by Crippen LogP contribution is 2.48. The van der Waals surface area contributed by atoms with E-state index in [1.165, 1.54) is 0 Å². The molecule has 2 saturated heterocycles. The van der Waals surface area contributed by atoms with Gasteiger partial charge in [0.05, 0.1) is 29.6 Å². The first-order valence-electron chi connectivity index (χ1n) is 10.3. The lowest BCUT2D eigenvalue weighted by Crippen LogP contribution is -2.57. The second-order valence-corrected chi connectivity index (χ2v) is 9.08. The van der Waals surface area contributed by atoms with E-state index >= 15 is 0 Å². The number of nitrogens with zero attached hydrogens (tertiary/aromatic N) is 2. The Morgan fingerprint density at radius 1 is 1.14 bits per heavy atom. The molecular weight excluding hydrogens is 384 g/mol. The van der Waals surface area contributed by atoms with Crippen molar-refractivity contribution in [2.75, 3.05) is 38.3 Å². The van der Waals surface area contributed by atoms with Crippen LogP contribution in [0.1, 0.15) is 19.3 Å². The van der Waals surface area contributed by atoms with Crippen LogP contribution in [0.25, 0.3) is 0 Å². The van der Waals surface area contributed by atoms with Crippen LogP contribution in [0.15, 0.2) is 58.3 Å². The monoisotopic (exact) mass is 410 g/mol. The van der Waals surface area contributed by atoms with Crippen molar-refractivity contribution in [2.24, 2.45) is 0 Å². The molecule has 0 aliphatic carbocycles. The first-order valence-corrected chi connectivity index (χ1v) is 11.1. The van der Waals surface area contributed by atoms with Crippen LogP contribution < -0.4 is 4.90 Å².